The average molecular weight is 132 g/mol. The molecule has 0 fully saturated rings. The van der Waals surface area contributed by atoms with Crippen LogP contribution >= 0.6 is 0 Å². The van der Waals surface area contributed by atoms with Gasteiger partial charge in [-0.2, -0.15) is 0 Å². The molecule has 0 aliphatic carbocycles. The molecule has 0 aromatic rings. The van der Waals surface area contributed by atoms with E-state index in [1.54, 1.807) is 0 Å². The topological polar surface area (TPSA) is 29.5 Å². The van der Waals surface area contributed by atoms with Gasteiger partial charge in [0.2, 0.25) is 0 Å². The fourth-order valence-corrected chi connectivity index (χ4v) is 0. The Bertz CT molecular complexity index is 7.61. The fraction of sp³-hybridized carbons (Fsp3) is 1.00. The Morgan fingerprint density at radius 3 is 1.40 bits per heavy atom. The van der Waals surface area contributed by atoms with Crippen molar-refractivity contribution in [3.63, 3.8) is 0 Å². The molecule has 0 aromatic heterocycles. The molecule has 1 N–H and O–H groups in total. The Hall–Kier alpha value is 2.44. The predicted molar refractivity (Wildman–Crippen MR) is 26.7 cm³/mol. The second kappa shape index (κ2) is 16.1. The van der Waals surface area contributed by atoms with Crippen LogP contribution in [0.3, 0.4) is 0 Å². The molecule has 0 saturated carbocycles. The summed E-state index contributed by atoms with van der Waals surface area (Å²) in [5, 5.41) is 7.07. The molecular formula is CH8Ca2O2. The molecule has 0 unspecified atom stereocenters. The van der Waals surface area contributed by atoms with E-state index in [0.29, 0.717) is 0 Å². The van der Waals surface area contributed by atoms with Gasteiger partial charge in [0.05, 0.1) is 7.11 Å². The van der Waals surface area contributed by atoms with Crippen molar-refractivity contribution in [2.24, 2.45) is 0 Å². The molecule has 4 heteroatoms. The minimum absolute atomic E-state index is 0. The molecule has 28 valence electrons. The van der Waals surface area contributed by atoms with Gasteiger partial charge in [-0.3, -0.25) is 5.26 Å². The Morgan fingerprint density at radius 1 is 1.40 bits per heavy atom. The standard InChI is InChI=1S/CH4O2.2Ca.4H/c1-3-2;;;;;;/h2H,1H3;;;;;;. The fourth-order valence-electron chi connectivity index (χ4n) is 0. The van der Waals surface area contributed by atoms with E-state index in [2.05, 4.69) is 4.89 Å². The summed E-state index contributed by atoms with van der Waals surface area (Å²) >= 11 is 0. The number of rotatable bonds is 0. The van der Waals surface area contributed by atoms with Gasteiger partial charge in [0.1, 0.15) is 0 Å². The van der Waals surface area contributed by atoms with Crippen molar-refractivity contribution < 1.29 is 10.1 Å². The monoisotopic (exact) mass is 132 g/mol. The van der Waals surface area contributed by atoms with E-state index in [9.17, 15) is 0 Å². The van der Waals surface area contributed by atoms with E-state index in [-0.39, 0.29) is 75.5 Å². The summed E-state index contributed by atoms with van der Waals surface area (Å²) in [5.41, 5.74) is 0. The van der Waals surface area contributed by atoms with Crippen molar-refractivity contribution in [3.05, 3.63) is 0 Å². The van der Waals surface area contributed by atoms with Gasteiger partial charge in [0, 0.05) is 0 Å². The molecule has 0 radical (unpaired) electrons. The van der Waals surface area contributed by atoms with Gasteiger partial charge >= 0.3 is 75.5 Å². The second-order valence-corrected chi connectivity index (χ2v) is 0.183. The molecule has 0 aromatic carbocycles. The molecule has 0 atom stereocenters. The number of hydrogen-bond donors (Lipinski definition) is 1. The maximum absolute atomic E-state index is 7.07. The van der Waals surface area contributed by atoms with E-state index in [0.717, 1.165) is 0 Å². The van der Waals surface area contributed by atoms with Gasteiger partial charge in [-0.25, -0.2) is 4.89 Å². The molecule has 0 aliphatic rings. The van der Waals surface area contributed by atoms with E-state index in [1.165, 1.54) is 7.11 Å². The van der Waals surface area contributed by atoms with Crippen LogP contribution in [0.25, 0.3) is 0 Å². The Kier molecular flexibility index (Phi) is 50.4. The molecule has 0 saturated heterocycles. The van der Waals surface area contributed by atoms with Crippen LogP contribution in [0.5, 0.6) is 0 Å². The van der Waals surface area contributed by atoms with E-state index < -0.39 is 0 Å². The first-order chi connectivity index (χ1) is 1.41. The van der Waals surface area contributed by atoms with Crippen LogP contribution < -0.4 is 0 Å². The summed E-state index contributed by atoms with van der Waals surface area (Å²) in [7, 11) is 1.18. The zero-order chi connectivity index (χ0) is 2.71. The molecule has 0 rings (SSSR count). The summed E-state index contributed by atoms with van der Waals surface area (Å²) in [5.74, 6) is 0. The molecule has 2 nitrogen and oxygen atoms in total. The molecule has 0 bridgehead atoms. The predicted octanol–water partition coefficient (Wildman–Crippen LogP) is -1.73. The van der Waals surface area contributed by atoms with Gasteiger partial charge in [-0.05, 0) is 0 Å². The van der Waals surface area contributed by atoms with Gasteiger partial charge in [-0.15, -0.1) is 0 Å². The quantitative estimate of drug-likeness (QED) is 0.241. The third-order valence-corrected chi connectivity index (χ3v) is 0. The Balaban J connectivity index is -0.0000000200. The van der Waals surface area contributed by atoms with Crippen LogP contribution in [-0.2, 0) is 4.89 Å². The summed E-state index contributed by atoms with van der Waals surface area (Å²) in [4.78, 5) is 3.25. The molecule has 0 spiro atoms. The van der Waals surface area contributed by atoms with Gasteiger partial charge in [0.25, 0.3) is 0 Å². The summed E-state index contributed by atoms with van der Waals surface area (Å²) in [6, 6.07) is 0. The zero-order valence-electron chi connectivity index (χ0n) is 1.86. The Morgan fingerprint density at radius 2 is 1.40 bits per heavy atom. The van der Waals surface area contributed by atoms with Crippen LogP contribution in [0.4, 0.5) is 0 Å². The molecule has 0 amide bonds. The normalized spacial score (nSPS) is 3.60. The SMILES string of the molecule is COO.[CaH2].[CaH2]. The van der Waals surface area contributed by atoms with Crippen molar-refractivity contribution in [2.75, 3.05) is 7.11 Å². The number of hydrogen-bond acceptors (Lipinski definition) is 2. The van der Waals surface area contributed by atoms with Gasteiger partial charge in [0.15, 0.2) is 0 Å². The van der Waals surface area contributed by atoms with Crippen LogP contribution in [0.15, 0.2) is 0 Å². The summed E-state index contributed by atoms with van der Waals surface area (Å²) in [6.07, 6.45) is 0. The first kappa shape index (κ1) is 15.7. The van der Waals surface area contributed by atoms with Crippen molar-refractivity contribution >= 4 is 75.5 Å². The summed E-state index contributed by atoms with van der Waals surface area (Å²) < 4.78 is 0. The minimum atomic E-state index is 0. The maximum atomic E-state index is 7.07. The van der Waals surface area contributed by atoms with Crippen molar-refractivity contribution in [1.82, 2.24) is 0 Å². The molecular weight excluding hydrogens is 124 g/mol. The van der Waals surface area contributed by atoms with Gasteiger partial charge < -0.3 is 0 Å². The Labute approximate surface area is 90.8 Å². The summed E-state index contributed by atoms with van der Waals surface area (Å²) in [6.45, 7) is 0. The first-order valence-electron chi connectivity index (χ1n) is 0.591. The third kappa shape index (κ3) is 21.3. The van der Waals surface area contributed by atoms with Crippen molar-refractivity contribution in [1.29, 1.82) is 0 Å². The van der Waals surface area contributed by atoms with Crippen molar-refractivity contribution in [2.45, 2.75) is 0 Å². The molecule has 0 heterocycles. The van der Waals surface area contributed by atoms with E-state index >= 15 is 0 Å². The van der Waals surface area contributed by atoms with Crippen LogP contribution in [-0.4, -0.2) is 87.8 Å². The first-order valence-corrected chi connectivity index (χ1v) is 0.591. The van der Waals surface area contributed by atoms with Crippen molar-refractivity contribution in [3.8, 4) is 0 Å². The zero-order valence-corrected chi connectivity index (χ0v) is 1.86. The molecule has 0 aliphatic heterocycles. The van der Waals surface area contributed by atoms with Crippen LogP contribution in [0.2, 0.25) is 0 Å². The molecule has 5 heavy (non-hydrogen) atoms. The third-order valence-electron chi connectivity index (χ3n) is 0. The van der Waals surface area contributed by atoms with Crippen LogP contribution in [0.1, 0.15) is 0 Å². The van der Waals surface area contributed by atoms with E-state index in [1.807, 2.05) is 0 Å². The van der Waals surface area contributed by atoms with E-state index in [4.69, 9.17) is 5.26 Å². The average Bonchev–Trinajstić information content (AvgIpc) is 0.918. The second-order valence-electron chi connectivity index (χ2n) is 0.183. The van der Waals surface area contributed by atoms with Gasteiger partial charge in [-0.1, -0.05) is 0 Å². The van der Waals surface area contributed by atoms with Crippen LogP contribution in [0, 0.1) is 0 Å².